The molecule has 3 N–H and O–H groups in total. The molecule has 0 aliphatic rings. The maximum Gasteiger partial charge on any atom is 0.326 e. The Labute approximate surface area is 133 Å². The van der Waals surface area contributed by atoms with Gasteiger partial charge in [-0.25, -0.2) is 9.78 Å². The van der Waals surface area contributed by atoms with Crippen molar-refractivity contribution in [2.45, 2.75) is 46.1 Å². The zero-order valence-electron chi connectivity index (χ0n) is 12.9. The molecule has 1 unspecified atom stereocenters. The van der Waals surface area contributed by atoms with Crippen LogP contribution < -0.4 is 10.6 Å². The molecular formula is C14H21N3O4S. The fraction of sp³-hybridized carbons (Fsp3) is 0.571. The molecule has 0 spiro atoms. The van der Waals surface area contributed by atoms with Gasteiger partial charge in [0.15, 0.2) is 5.13 Å². The molecular weight excluding hydrogens is 306 g/mol. The lowest BCUT2D eigenvalue weighted by atomic mass is 10.1. The number of aromatic nitrogens is 1. The highest BCUT2D eigenvalue weighted by atomic mass is 32.1. The first-order chi connectivity index (χ1) is 10.3. The monoisotopic (exact) mass is 327 g/mol. The first kappa shape index (κ1) is 18.1. The fourth-order valence-electron chi connectivity index (χ4n) is 1.75. The van der Waals surface area contributed by atoms with Crippen LogP contribution in [0.25, 0.3) is 0 Å². The molecule has 0 radical (unpaired) electrons. The summed E-state index contributed by atoms with van der Waals surface area (Å²) >= 11 is 1.13. The van der Waals surface area contributed by atoms with Crippen LogP contribution in [0, 0.1) is 5.92 Å². The SMILES string of the molecule is CCCC(NC(=O)c1csc(NC(=O)CC(C)C)n1)C(=O)O. The number of thiazole rings is 1. The van der Waals surface area contributed by atoms with Crippen molar-refractivity contribution >= 4 is 34.3 Å². The van der Waals surface area contributed by atoms with Gasteiger partial charge in [-0.05, 0) is 12.3 Å². The van der Waals surface area contributed by atoms with Gasteiger partial charge < -0.3 is 15.7 Å². The van der Waals surface area contributed by atoms with Gasteiger partial charge in [0.25, 0.3) is 5.91 Å². The number of hydrogen-bond donors (Lipinski definition) is 3. The van der Waals surface area contributed by atoms with E-state index in [0.717, 1.165) is 11.3 Å². The molecule has 1 rings (SSSR count). The molecule has 0 fully saturated rings. The third-order valence-corrected chi connectivity index (χ3v) is 3.52. The van der Waals surface area contributed by atoms with Crippen LogP contribution >= 0.6 is 11.3 Å². The van der Waals surface area contributed by atoms with Gasteiger partial charge in [-0.3, -0.25) is 9.59 Å². The van der Waals surface area contributed by atoms with Gasteiger partial charge in [-0.1, -0.05) is 27.2 Å². The molecule has 0 aliphatic carbocycles. The van der Waals surface area contributed by atoms with Crippen molar-refractivity contribution in [3.63, 3.8) is 0 Å². The predicted molar refractivity (Wildman–Crippen MR) is 84.0 cm³/mol. The van der Waals surface area contributed by atoms with E-state index in [4.69, 9.17) is 5.11 Å². The average Bonchev–Trinajstić information content (AvgIpc) is 2.85. The van der Waals surface area contributed by atoms with E-state index in [1.54, 1.807) is 0 Å². The number of nitrogens with one attached hydrogen (secondary N) is 2. The number of aliphatic carboxylic acids is 1. The molecule has 8 heteroatoms. The van der Waals surface area contributed by atoms with Gasteiger partial charge in [0.1, 0.15) is 11.7 Å². The van der Waals surface area contributed by atoms with Gasteiger partial charge in [0, 0.05) is 11.8 Å². The molecule has 1 heterocycles. The summed E-state index contributed by atoms with van der Waals surface area (Å²) in [5.74, 6) is -1.56. The third-order valence-electron chi connectivity index (χ3n) is 2.76. The maximum absolute atomic E-state index is 12.0. The van der Waals surface area contributed by atoms with Gasteiger partial charge in [0.05, 0.1) is 0 Å². The Hall–Kier alpha value is -1.96. The maximum atomic E-state index is 12.0. The van der Waals surface area contributed by atoms with E-state index >= 15 is 0 Å². The van der Waals surface area contributed by atoms with Gasteiger partial charge in [-0.15, -0.1) is 11.3 Å². The molecule has 2 amide bonds. The molecule has 7 nitrogen and oxygen atoms in total. The zero-order valence-corrected chi connectivity index (χ0v) is 13.7. The van der Waals surface area contributed by atoms with Crippen LogP contribution in [0.5, 0.6) is 0 Å². The van der Waals surface area contributed by atoms with Crippen molar-refractivity contribution in [1.29, 1.82) is 0 Å². The highest BCUT2D eigenvalue weighted by molar-refractivity contribution is 7.14. The topological polar surface area (TPSA) is 108 Å². The van der Waals surface area contributed by atoms with Crippen LogP contribution in [-0.2, 0) is 9.59 Å². The van der Waals surface area contributed by atoms with Crippen molar-refractivity contribution in [3.8, 4) is 0 Å². The van der Waals surface area contributed by atoms with E-state index < -0.39 is 17.9 Å². The summed E-state index contributed by atoms with van der Waals surface area (Å²) in [6, 6.07) is -0.932. The molecule has 0 saturated heterocycles. The summed E-state index contributed by atoms with van der Waals surface area (Å²) in [4.78, 5) is 38.6. The van der Waals surface area contributed by atoms with Crippen LogP contribution in [0.3, 0.4) is 0 Å². The molecule has 0 bridgehead atoms. The molecule has 0 saturated carbocycles. The largest absolute Gasteiger partial charge is 0.480 e. The first-order valence-electron chi connectivity index (χ1n) is 7.12. The normalized spacial score (nSPS) is 12.0. The Kier molecular flexibility index (Phi) is 6.97. The van der Waals surface area contributed by atoms with E-state index in [1.165, 1.54) is 5.38 Å². The zero-order chi connectivity index (χ0) is 16.7. The summed E-state index contributed by atoms with van der Waals surface area (Å²) < 4.78 is 0. The highest BCUT2D eigenvalue weighted by Crippen LogP contribution is 2.16. The van der Waals surface area contributed by atoms with Crippen molar-refractivity contribution < 1.29 is 19.5 Å². The lowest BCUT2D eigenvalue weighted by Crippen LogP contribution is -2.40. The fourth-order valence-corrected chi connectivity index (χ4v) is 2.46. The molecule has 22 heavy (non-hydrogen) atoms. The number of hydrogen-bond acceptors (Lipinski definition) is 5. The molecule has 122 valence electrons. The predicted octanol–water partition coefficient (Wildman–Crippen LogP) is 2.11. The van der Waals surface area contributed by atoms with Gasteiger partial charge in [-0.2, -0.15) is 0 Å². The van der Waals surface area contributed by atoms with Crippen molar-refractivity contribution in [2.24, 2.45) is 5.92 Å². The number of rotatable bonds is 8. The van der Waals surface area contributed by atoms with Crippen molar-refractivity contribution in [3.05, 3.63) is 11.1 Å². The number of carboxylic acids is 1. The number of nitrogens with zero attached hydrogens (tertiary/aromatic N) is 1. The Morgan fingerprint density at radius 3 is 2.59 bits per heavy atom. The van der Waals surface area contributed by atoms with E-state index in [2.05, 4.69) is 15.6 Å². The number of carboxylic acid groups (broad SMARTS) is 1. The van der Waals surface area contributed by atoms with E-state index in [0.29, 0.717) is 24.4 Å². The number of anilines is 1. The summed E-state index contributed by atoms with van der Waals surface area (Å²) in [7, 11) is 0. The smallest absolute Gasteiger partial charge is 0.326 e. The highest BCUT2D eigenvalue weighted by Gasteiger charge is 2.21. The molecule has 1 atom stereocenters. The number of amides is 2. The molecule has 1 aromatic rings. The summed E-state index contributed by atoms with van der Waals surface area (Å²) in [6.45, 7) is 5.70. The van der Waals surface area contributed by atoms with Crippen molar-refractivity contribution in [2.75, 3.05) is 5.32 Å². The van der Waals surface area contributed by atoms with E-state index in [1.807, 2.05) is 20.8 Å². The van der Waals surface area contributed by atoms with Crippen LogP contribution in [0.4, 0.5) is 5.13 Å². The number of carbonyl (C=O) groups excluding carboxylic acids is 2. The average molecular weight is 327 g/mol. The second-order valence-electron chi connectivity index (χ2n) is 5.34. The van der Waals surface area contributed by atoms with Crippen LogP contribution in [-0.4, -0.2) is 33.9 Å². The van der Waals surface area contributed by atoms with Gasteiger partial charge >= 0.3 is 5.97 Å². The lowest BCUT2D eigenvalue weighted by molar-refractivity contribution is -0.139. The van der Waals surface area contributed by atoms with Gasteiger partial charge in [0.2, 0.25) is 5.91 Å². The Balaban J connectivity index is 2.64. The molecule has 0 aliphatic heterocycles. The third kappa shape index (κ3) is 5.80. The minimum absolute atomic E-state index is 0.104. The number of carbonyl (C=O) groups is 3. The second kappa shape index (κ2) is 8.47. The summed E-state index contributed by atoms with van der Waals surface area (Å²) in [5, 5.41) is 15.9. The van der Waals surface area contributed by atoms with Crippen molar-refractivity contribution in [1.82, 2.24) is 10.3 Å². The Morgan fingerprint density at radius 2 is 2.05 bits per heavy atom. The van der Waals surface area contributed by atoms with Crippen LogP contribution in [0.1, 0.15) is 50.5 Å². The minimum atomic E-state index is -1.07. The minimum Gasteiger partial charge on any atom is -0.480 e. The second-order valence-corrected chi connectivity index (χ2v) is 6.20. The van der Waals surface area contributed by atoms with Crippen LogP contribution in [0.15, 0.2) is 5.38 Å². The lowest BCUT2D eigenvalue weighted by Gasteiger charge is -2.12. The van der Waals surface area contributed by atoms with E-state index in [9.17, 15) is 14.4 Å². The Morgan fingerprint density at radius 1 is 1.36 bits per heavy atom. The quantitative estimate of drug-likeness (QED) is 0.677. The summed E-state index contributed by atoms with van der Waals surface area (Å²) in [5.41, 5.74) is 0.104. The van der Waals surface area contributed by atoms with E-state index in [-0.39, 0.29) is 17.5 Å². The Bertz CT molecular complexity index is 542. The standard InChI is InChI=1S/C14H21N3O4S/c1-4-5-9(13(20)21)15-12(19)10-7-22-14(16-10)17-11(18)6-8(2)3/h7-9H,4-6H2,1-3H3,(H,15,19)(H,20,21)(H,16,17,18). The molecule has 1 aromatic heterocycles. The summed E-state index contributed by atoms with van der Waals surface area (Å²) in [6.07, 6.45) is 1.37. The first-order valence-corrected chi connectivity index (χ1v) is 8.00. The molecule has 0 aromatic carbocycles. The van der Waals surface area contributed by atoms with Crippen LogP contribution in [0.2, 0.25) is 0 Å².